The van der Waals surface area contributed by atoms with Crippen LogP contribution in [0.15, 0.2) is 53.5 Å². The van der Waals surface area contributed by atoms with Crippen molar-refractivity contribution < 1.29 is 9.53 Å². The number of carbonyl (C=O) groups excluding carboxylic acids is 1. The molecule has 0 bridgehead atoms. The predicted molar refractivity (Wildman–Crippen MR) is 101 cm³/mol. The van der Waals surface area contributed by atoms with Gasteiger partial charge in [-0.05, 0) is 50.6 Å². The highest BCUT2D eigenvalue weighted by atomic mass is 16.6. The number of para-hydroxylation sites is 1. The van der Waals surface area contributed by atoms with E-state index >= 15 is 0 Å². The maximum absolute atomic E-state index is 11.7. The van der Waals surface area contributed by atoms with Gasteiger partial charge in [0.15, 0.2) is 0 Å². The van der Waals surface area contributed by atoms with Gasteiger partial charge in [0.05, 0.1) is 5.69 Å². The van der Waals surface area contributed by atoms with E-state index in [-0.39, 0.29) is 0 Å². The Morgan fingerprint density at radius 3 is 2.44 bits per heavy atom. The Kier molecular flexibility index (Phi) is 5.64. The largest absolute Gasteiger partial charge is 0.444 e. The summed E-state index contributed by atoms with van der Waals surface area (Å²) in [6.45, 7) is 5.76. The third-order valence-corrected chi connectivity index (χ3v) is 3.23. The number of ether oxygens (including phenoxy) is 1. The van der Waals surface area contributed by atoms with Gasteiger partial charge in [-0.25, -0.2) is 9.79 Å². The quantitative estimate of drug-likeness (QED) is 0.451. The minimum absolute atomic E-state index is 0.315. The van der Waals surface area contributed by atoms with Crippen molar-refractivity contribution in [2.24, 2.45) is 10.7 Å². The normalized spacial score (nSPS) is 11.9. The molecule has 6 heteroatoms. The second-order valence-corrected chi connectivity index (χ2v) is 6.61. The van der Waals surface area contributed by atoms with Crippen molar-refractivity contribution in [2.45, 2.75) is 32.9 Å². The van der Waals surface area contributed by atoms with Gasteiger partial charge in [-0.3, -0.25) is 0 Å². The van der Waals surface area contributed by atoms with E-state index in [1.165, 1.54) is 0 Å². The fourth-order valence-corrected chi connectivity index (χ4v) is 2.15. The molecule has 0 saturated heterocycles. The molecular formula is C19H24N4O2. The maximum Gasteiger partial charge on any atom is 0.407 e. The van der Waals surface area contributed by atoms with Gasteiger partial charge in [-0.2, -0.15) is 0 Å². The molecule has 0 aliphatic heterocycles. The number of amides is 1. The van der Waals surface area contributed by atoms with Crippen LogP contribution in [0.1, 0.15) is 31.9 Å². The number of nitrogens with two attached hydrogens (primary N) is 2. The van der Waals surface area contributed by atoms with Gasteiger partial charge in [-0.15, -0.1) is 0 Å². The summed E-state index contributed by atoms with van der Waals surface area (Å²) in [5, 5.41) is 2.69. The Hall–Kier alpha value is -3.02. The van der Waals surface area contributed by atoms with E-state index in [0.717, 1.165) is 11.3 Å². The molecule has 0 aromatic heterocycles. The van der Waals surface area contributed by atoms with Crippen LogP contribution >= 0.6 is 0 Å². The van der Waals surface area contributed by atoms with Crippen molar-refractivity contribution in [2.75, 3.05) is 5.73 Å². The summed E-state index contributed by atoms with van der Waals surface area (Å²) in [7, 11) is 0. The molecule has 132 valence electrons. The Morgan fingerprint density at radius 1 is 1.16 bits per heavy atom. The summed E-state index contributed by atoms with van der Waals surface area (Å²) in [6.07, 6.45) is -0.472. The first kappa shape index (κ1) is 18.3. The van der Waals surface area contributed by atoms with Gasteiger partial charge >= 0.3 is 6.09 Å². The number of nitrogens with zero attached hydrogens (tertiary/aromatic N) is 1. The van der Waals surface area contributed by atoms with Crippen LogP contribution in [0.3, 0.4) is 0 Å². The monoisotopic (exact) mass is 340 g/mol. The van der Waals surface area contributed by atoms with Crippen molar-refractivity contribution in [3.05, 3.63) is 59.7 Å². The summed E-state index contributed by atoms with van der Waals surface area (Å²) in [6, 6.07) is 14.8. The fraction of sp³-hybridized carbons (Fsp3) is 0.263. The lowest BCUT2D eigenvalue weighted by Crippen LogP contribution is -2.32. The SMILES string of the molecule is CC(C)(C)OC(=O)NCc1ccc(C(N)=Nc2ccccc2)c(N)c1. The Balaban J connectivity index is 2.05. The molecule has 0 unspecified atom stereocenters. The number of anilines is 1. The van der Waals surface area contributed by atoms with Crippen LogP contribution in [0.4, 0.5) is 16.2 Å². The van der Waals surface area contributed by atoms with Crippen molar-refractivity contribution in [3.63, 3.8) is 0 Å². The highest BCUT2D eigenvalue weighted by Gasteiger charge is 2.15. The molecule has 0 radical (unpaired) electrons. The summed E-state index contributed by atoms with van der Waals surface area (Å²) >= 11 is 0. The average Bonchev–Trinajstić information content (AvgIpc) is 2.52. The summed E-state index contributed by atoms with van der Waals surface area (Å²) in [5.74, 6) is 0.343. The zero-order valence-electron chi connectivity index (χ0n) is 14.7. The van der Waals surface area contributed by atoms with Crippen LogP contribution in [0.2, 0.25) is 0 Å². The second-order valence-electron chi connectivity index (χ2n) is 6.61. The number of aliphatic imine (C=N–C) groups is 1. The van der Waals surface area contributed by atoms with Crippen LogP contribution in [0.25, 0.3) is 0 Å². The first-order valence-corrected chi connectivity index (χ1v) is 7.99. The Labute approximate surface area is 147 Å². The van der Waals surface area contributed by atoms with E-state index in [4.69, 9.17) is 16.2 Å². The molecule has 5 N–H and O–H groups in total. The molecule has 0 heterocycles. The highest BCUT2D eigenvalue weighted by Crippen LogP contribution is 2.17. The minimum atomic E-state index is -0.532. The molecule has 0 saturated carbocycles. The smallest absolute Gasteiger partial charge is 0.407 e. The number of alkyl carbamates (subject to hydrolysis) is 1. The first-order chi connectivity index (χ1) is 11.7. The molecule has 6 nitrogen and oxygen atoms in total. The molecular weight excluding hydrogens is 316 g/mol. The van der Waals surface area contributed by atoms with E-state index in [1.54, 1.807) is 12.1 Å². The number of hydrogen-bond acceptors (Lipinski definition) is 4. The van der Waals surface area contributed by atoms with E-state index in [0.29, 0.717) is 23.6 Å². The zero-order valence-corrected chi connectivity index (χ0v) is 14.7. The third-order valence-electron chi connectivity index (χ3n) is 3.23. The van der Waals surface area contributed by atoms with Crippen LogP contribution < -0.4 is 16.8 Å². The third kappa shape index (κ3) is 5.84. The van der Waals surface area contributed by atoms with E-state index < -0.39 is 11.7 Å². The molecule has 2 aromatic rings. The lowest BCUT2D eigenvalue weighted by Gasteiger charge is -2.19. The molecule has 1 amide bonds. The standard InChI is InChI=1S/C19H24N4O2/c1-19(2,3)25-18(24)22-12-13-9-10-15(16(20)11-13)17(21)23-14-7-5-4-6-8-14/h4-11H,12,20H2,1-3H3,(H2,21,23)(H,22,24). The van der Waals surface area contributed by atoms with Gasteiger partial charge in [0.2, 0.25) is 0 Å². The summed E-state index contributed by atoms with van der Waals surface area (Å²) in [4.78, 5) is 16.1. The van der Waals surface area contributed by atoms with Gasteiger partial charge in [-0.1, -0.05) is 24.3 Å². The van der Waals surface area contributed by atoms with Gasteiger partial charge in [0.1, 0.15) is 11.4 Å². The molecule has 0 aliphatic carbocycles. The number of benzene rings is 2. The number of hydrogen-bond donors (Lipinski definition) is 3. The van der Waals surface area contributed by atoms with Gasteiger partial charge in [0, 0.05) is 17.8 Å². The number of rotatable bonds is 4. The van der Waals surface area contributed by atoms with Crippen LogP contribution in [-0.4, -0.2) is 17.5 Å². The van der Waals surface area contributed by atoms with E-state index in [1.807, 2.05) is 57.2 Å². The predicted octanol–water partition coefficient (Wildman–Crippen LogP) is 3.33. The van der Waals surface area contributed by atoms with E-state index in [9.17, 15) is 4.79 Å². The van der Waals surface area contributed by atoms with E-state index in [2.05, 4.69) is 10.3 Å². The number of amidine groups is 1. The molecule has 2 aromatic carbocycles. The van der Waals surface area contributed by atoms with Crippen molar-refractivity contribution in [3.8, 4) is 0 Å². The maximum atomic E-state index is 11.7. The molecule has 0 fully saturated rings. The Bertz CT molecular complexity index is 765. The molecule has 0 atom stereocenters. The summed E-state index contributed by atoms with van der Waals surface area (Å²) < 4.78 is 5.20. The second kappa shape index (κ2) is 7.70. The zero-order chi connectivity index (χ0) is 18.4. The molecule has 2 rings (SSSR count). The van der Waals surface area contributed by atoms with Crippen LogP contribution in [0, 0.1) is 0 Å². The lowest BCUT2D eigenvalue weighted by molar-refractivity contribution is 0.0523. The Morgan fingerprint density at radius 2 is 1.84 bits per heavy atom. The fourth-order valence-electron chi connectivity index (χ4n) is 2.15. The van der Waals surface area contributed by atoms with Crippen molar-refractivity contribution in [1.82, 2.24) is 5.32 Å². The van der Waals surface area contributed by atoms with Gasteiger partial charge in [0.25, 0.3) is 0 Å². The molecule has 25 heavy (non-hydrogen) atoms. The first-order valence-electron chi connectivity index (χ1n) is 7.99. The van der Waals surface area contributed by atoms with Crippen molar-refractivity contribution in [1.29, 1.82) is 0 Å². The highest BCUT2D eigenvalue weighted by molar-refractivity contribution is 6.03. The average molecular weight is 340 g/mol. The number of nitrogens with one attached hydrogen (secondary N) is 1. The van der Waals surface area contributed by atoms with Gasteiger partial charge < -0.3 is 21.5 Å². The van der Waals surface area contributed by atoms with Crippen LogP contribution in [0.5, 0.6) is 0 Å². The molecule has 0 spiro atoms. The minimum Gasteiger partial charge on any atom is -0.444 e. The lowest BCUT2D eigenvalue weighted by atomic mass is 10.1. The van der Waals surface area contributed by atoms with Crippen molar-refractivity contribution >= 4 is 23.3 Å². The van der Waals surface area contributed by atoms with Crippen LogP contribution in [-0.2, 0) is 11.3 Å². The number of carbonyl (C=O) groups is 1. The topological polar surface area (TPSA) is 103 Å². The number of nitrogen functional groups attached to an aromatic ring is 1. The summed E-state index contributed by atoms with van der Waals surface area (Å²) in [5.41, 5.74) is 14.4. The molecule has 0 aliphatic rings.